The van der Waals surface area contributed by atoms with Gasteiger partial charge in [-0.15, -0.1) is 0 Å². The third-order valence-corrected chi connectivity index (χ3v) is 2.35. The van der Waals surface area contributed by atoms with Crippen molar-refractivity contribution in [2.45, 2.75) is 6.04 Å². The van der Waals surface area contributed by atoms with Crippen LogP contribution in [0.25, 0.3) is 0 Å². The summed E-state index contributed by atoms with van der Waals surface area (Å²) in [6, 6.07) is 1.84. The van der Waals surface area contributed by atoms with E-state index in [4.69, 9.17) is 15.6 Å². The summed E-state index contributed by atoms with van der Waals surface area (Å²) >= 11 is 0. The molecule has 1 rings (SSSR count). The van der Waals surface area contributed by atoms with Crippen molar-refractivity contribution in [3.8, 4) is 11.5 Å². The summed E-state index contributed by atoms with van der Waals surface area (Å²) in [6.45, 7) is -0.347. The molecule has 0 aliphatic rings. The summed E-state index contributed by atoms with van der Waals surface area (Å²) in [6.07, 6.45) is 0. The average molecular weight is 241 g/mol. The first-order valence-corrected chi connectivity index (χ1v) is 4.90. The van der Waals surface area contributed by atoms with Gasteiger partial charge in [0.2, 0.25) is 0 Å². The number of carbonyl (C=O) groups excluding carboxylic acids is 1. The highest BCUT2D eigenvalue weighted by Crippen LogP contribution is 2.31. The molecule has 0 aromatic heterocycles. The van der Waals surface area contributed by atoms with Crippen molar-refractivity contribution in [3.63, 3.8) is 0 Å². The molecule has 17 heavy (non-hydrogen) atoms. The first-order chi connectivity index (χ1) is 8.04. The molecule has 0 radical (unpaired) electrons. The predicted octanol–water partition coefficient (Wildman–Crippen LogP) is 0.180. The van der Waals surface area contributed by atoms with Crippen LogP contribution in [-0.2, 0) is 4.74 Å². The van der Waals surface area contributed by atoms with E-state index in [0.717, 1.165) is 0 Å². The van der Waals surface area contributed by atoms with E-state index in [2.05, 4.69) is 4.74 Å². The van der Waals surface area contributed by atoms with Crippen LogP contribution in [0.1, 0.15) is 22.0 Å². The highest BCUT2D eigenvalue weighted by molar-refractivity contribution is 5.93. The van der Waals surface area contributed by atoms with E-state index in [1.54, 1.807) is 0 Å². The van der Waals surface area contributed by atoms with Gasteiger partial charge in [0.25, 0.3) is 0 Å². The van der Waals surface area contributed by atoms with Crippen molar-refractivity contribution >= 4 is 5.97 Å². The van der Waals surface area contributed by atoms with Crippen molar-refractivity contribution in [1.82, 2.24) is 0 Å². The van der Waals surface area contributed by atoms with Crippen LogP contribution in [-0.4, -0.2) is 37.0 Å². The number of carbonyl (C=O) groups is 1. The lowest BCUT2D eigenvalue weighted by Crippen LogP contribution is -2.16. The normalized spacial score (nSPS) is 12.0. The van der Waals surface area contributed by atoms with Gasteiger partial charge in [-0.2, -0.15) is 0 Å². The van der Waals surface area contributed by atoms with Crippen molar-refractivity contribution < 1.29 is 24.5 Å². The summed E-state index contributed by atoms with van der Waals surface area (Å²) < 4.78 is 9.54. The molecular weight excluding hydrogens is 226 g/mol. The van der Waals surface area contributed by atoms with E-state index in [1.165, 1.54) is 26.4 Å². The Morgan fingerprint density at radius 2 is 2.12 bits per heavy atom. The van der Waals surface area contributed by atoms with Gasteiger partial charge in [0.15, 0.2) is 0 Å². The third-order valence-electron chi connectivity index (χ3n) is 2.35. The number of phenols is 1. The van der Waals surface area contributed by atoms with Gasteiger partial charge in [-0.05, 0) is 6.07 Å². The molecule has 0 aliphatic carbocycles. The molecule has 0 spiro atoms. The summed E-state index contributed by atoms with van der Waals surface area (Å²) in [4.78, 5) is 11.5. The average Bonchev–Trinajstić information content (AvgIpc) is 2.36. The number of esters is 1. The number of methoxy groups -OCH3 is 2. The molecule has 0 bridgehead atoms. The molecule has 0 saturated carbocycles. The van der Waals surface area contributed by atoms with Crippen molar-refractivity contribution in [1.29, 1.82) is 0 Å². The van der Waals surface area contributed by atoms with Crippen LogP contribution >= 0.6 is 0 Å². The predicted molar refractivity (Wildman–Crippen MR) is 60.0 cm³/mol. The monoisotopic (exact) mass is 241 g/mol. The maximum atomic E-state index is 11.5. The molecule has 4 N–H and O–H groups in total. The zero-order valence-corrected chi connectivity index (χ0v) is 9.64. The van der Waals surface area contributed by atoms with Crippen molar-refractivity contribution in [3.05, 3.63) is 23.3 Å². The molecule has 1 atom stereocenters. The van der Waals surface area contributed by atoms with Crippen molar-refractivity contribution in [2.24, 2.45) is 5.73 Å². The fourth-order valence-electron chi connectivity index (χ4n) is 1.42. The van der Waals surface area contributed by atoms with Crippen LogP contribution in [0.3, 0.4) is 0 Å². The Balaban J connectivity index is 3.32. The Morgan fingerprint density at radius 3 is 2.59 bits per heavy atom. The number of aromatic hydroxyl groups is 1. The van der Waals surface area contributed by atoms with Gasteiger partial charge in [0, 0.05) is 11.6 Å². The van der Waals surface area contributed by atoms with E-state index < -0.39 is 12.0 Å². The first-order valence-electron chi connectivity index (χ1n) is 4.90. The number of rotatable bonds is 4. The maximum Gasteiger partial charge on any atom is 0.341 e. The zero-order chi connectivity index (χ0) is 13.0. The van der Waals surface area contributed by atoms with Crippen LogP contribution in [0.15, 0.2) is 12.1 Å². The number of hydrogen-bond donors (Lipinski definition) is 3. The molecule has 94 valence electrons. The number of benzene rings is 1. The molecule has 1 unspecified atom stereocenters. The molecule has 0 saturated heterocycles. The Labute approximate surface area is 98.6 Å². The van der Waals surface area contributed by atoms with Crippen LogP contribution in [0.2, 0.25) is 0 Å². The van der Waals surface area contributed by atoms with Gasteiger partial charge in [0.1, 0.15) is 17.1 Å². The van der Waals surface area contributed by atoms with Gasteiger partial charge < -0.3 is 25.4 Å². The van der Waals surface area contributed by atoms with Gasteiger partial charge >= 0.3 is 5.97 Å². The lowest BCUT2D eigenvalue weighted by Gasteiger charge is -2.14. The van der Waals surface area contributed by atoms with Gasteiger partial charge in [0.05, 0.1) is 26.9 Å². The zero-order valence-electron chi connectivity index (χ0n) is 9.64. The lowest BCUT2D eigenvalue weighted by atomic mass is 10.0. The molecule has 0 amide bonds. The molecule has 1 aromatic rings. The second-order valence-corrected chi connectivity index (χ2v) is 3.39. The van der Waals surface area contributed by atoms with Crippen LogP contribution in [0.4, 0.5) is 0 Å². The molecule has 0 fully saturated rings. The van der Waals surface area contributed by atoms with Crippen LogP contribution in [0, 0.1) is 0 Å². The number of aliphatic hydroxyl groups is 1. The number of nitrogens with two attached hydrogens (primary N) is 1. The number of phenolic OH excluding ortho intramolecular Hbond substituents is 1. The van der Waals surface area contributed by atoms with Crippen molar-refractivity contribution in [2.75, 3.05) is 20.8 Å². The van der Waals surface area contributed by atoms with Gasteiger partial charge in [-0.3, -0.25) is 0 Å². The fourth-order valence-corrected chi connectivity index (χ4v) is 1.42. The molecule has 1 aromatic carbocycles. The Hall–Kier alpha value is -1.79. The van der Waals surface area contributed by atoms with E-state index in [-0.39, 0.29) is 29.2 Å². The van der Waals surface area contributed by atoms with Crippen LogP contribution < -0.4 is 10.5 Å². The van der Waals surface area contributed by atoms with Gasteiger partial charge in [-0.25, -0.2) is 4.79 Å². The van der Waals surface area contributed by atoms with Gasteiger partial charge in [-0.1, -0.05) is 0 Å². The summed E-state index contributed by atoms with van der Waals surface area (Å²) in [5, 5.41) is 18.6. The standard InChI is InChI=1S/C11H15NO5/c1-16-10-4-9(14)6(8(12)5-13)3-7(10)11(15)17-2/h3-4,8,13-14H,5,12H2,1-2H3. The van der Waals surface area contributed by atoms with E-state index in [0.29, 0.717) is 0 Å². The van der Waals surface area contributed by atoms with E-state index >= 15 is 0 Å². The third kappa shape index (κ3) is 2.66. The highest BCUT2D eigenvalue weighted by Gasteiger charge is 2.19. The number of aliphatic hydroxyl groups excluding tert-OH is 1. The number of ether oxygens (including phenoxy) is 2. The molecular formula is C11H15NO5. The smallest absolute Gasteiger partial charge is 0.341 e. The molecule has 0 aliphatic heterocycles. The molecule has 0 heterocycles. The minimum atomic E-state index is -0.774. The highest BCUT2D eigenvalue weighted by atomic mass is 16.5. The Bertz CT molecular complexity index is 419. The maximum absolute atomic E-state index is 11.5. The Kier molecular flexibility index (Phi) is 4.30. The van der Waals surface area contributed by atoms with E-state index in [1.807, 2.05) is 0 Å². The minimum Gasteiger partial charge on any atom is -0.507 e. The van der Waals surface area contributed by atoms with E-state index in [9.17, 15) is 9.90 Å². The molecule has 6 heteroatoms. The fraction of sp³-hybridized carbons (Fsp3) is 0.364. The largest absolute Gasteiger partial charge is 0.507 e. The summed E-state index contributed by atoms with van der Waals surface area (Å²) in [5.74, 6) is -0.562. The SMILES string of the molecule is COC(=O)c1cc(C(N)CO)c(O)cc1OC. The number of hydrogen-bond acceptors (Lipinski definition) is 6. The summed E-state index contributed by atoms with van der Waals surface area (Å²) in [7, 11) is 2.60. The summed E-state index contributed by atoms with van der Waals surface area (Å²) in [5.41, 5.74) is 6.00. The minimum absolute atomic E-state index is 0.143. The van der Waals surface area contributed by atoms with Crippen LogP contribution in [0.5, 0.6) is 11.5 Å². The Morgan fingerprint density at radius 1 is 1.47 bits per heavy atom. The first kappa shape index (κ1) is 13.3. The quantitative estimate of drug-likeness (QED) is 0.650. The molecule has 6 nitrogen and oxygen atoms in total. The second kappa shape index (κ2) is 5.51. The lowest BCUT2D eigenvalue weighted by molar-refractivity contribution is 0.0597. The second-order valence-electron chi connectivity index (χ2n) is 3.39. The topological polar surface area (TPSA) is 102 Å².